The first-order chi connectivity index (χ1) is 14.0. The third-order valence-corrected chi connectivity index (χ3v) is 5.02. The highest BCUT2D eigenvalue weighted by Gasteiger charge is 2.36. The number of nitrogens with one attached hydrogen (secondary N) is 2. The molecule has 6 nitrogen and oxygen atoms in total. The molecule has 0 spiro atoms. The number of amides is 2. The largest absolute Gasteiger partial charge is 0.356 e. The van der Waals surface area contributed by atoms with E-state index in [0.29, 0.717) is 18.1 Å². The van der Waals surface area contributed by atoms with Gasteiger partial charge in [0.05, 0.1) is 12.1 Å². The van der Waals surface area contributed by atoms with Crippen molar-refractivity contribution in [2.75, 3.05) is 11.9 Å². The van der Waals surface area contributed by atoms with E-state index in [4.69, 9.17) is 0 Å². The average Bonchev–Trinajstić information content (AvgIpc) is 3.17. The molecule has 2 N–H and O–H groups in total. The van der Waals surface area contributed by atoms with Crippen LogP contribution < -0.4 is 10.6 Å². The summed E-state index contributed by atoms with van der Waals surface area (Å²) in [6.07, 6.45) is 0.738. The minimum Gasteiger partial charge on any atom is -0.356 e. The van der Waals surface area contributed by atoms with Gasteiger partial charge in [0.25, 0.3) is 5.91 Å². The van der Waals surface area contributed by atoms with Gasteiger partial charge >= 0.3 is 0 Å². The topological polar surface area (TPSA) is 76.0 Å². The molecule has 2 heterocycles. The fourth-order valence-electron chi connectivity index (χ4n) is 3.58. The van der Waals surface area contributed by atoms with Crippen molar-refractivity contribution < 1.29 is 14.0 Å². The van der Waals surface area contributed by atoms with Crippen LogP contribution in [0.15, 0.2) is 54.6 Å². The lowest BCUT2D eigenvalue weighted by atomic mass is 10.1. The molecule has 4 rings (SSSR count). The molecular formula is C22H21FN4O2. The lowest BCUT2D eigenvalue weighted by Crippen LogP contribution is -2.30. The van der Waals surface area contributed by atoms with Gasteiger partial charge in [0, 0.05) is 12.1 Å². The fraction of sp³-hybridized carbons (Fsp3) is 0.227. The molecule has 29 heavy (non-hydrogen) atoms. The number of carbonyl (C=O) groups is 2. The van der Waals surface area contributed by atoms with E-state index in [1.165, 1.54) is 12.1 Å². The first kappa shape index (κ1) is 18.9. The quantitative estimate of drug-likeness (QED) is 0.676. The Hall–Kier alpha value is -3.48. The second-order valence-electron chi connectivity index (χ2n) is 7.06. The molecule has 1 aliphatic heterocycles. The van der Waals surface area contributed by atoms with Crippen LogP contribution in [0.5, 0.6) is 0 Å². The summed E-state index contributed by atoms with van der Waals surface area (Å²) in [6.45, 7) is 2.33. The van der Waals surface area contributed by atoms with Gasteiger partial charge < -0.3 is 10.6 Å². The van der Waals surface area contributed by atoms with Crippen molar-refractivity contribution in [3.8, 4) is 11.1 Å². The summed E-state index contributed by atoms with van der Waals surface area (Å²) >= 11 is 0. The van der Waals surface area contributed by atoms with Crippen molar-refractivity contribution in [3.63, 3.8) is 0 Å². The number of anilines is 1. The van der Waals surface area contributed by atoms with Gasteiger partial charge in [-0.2, -0.15) is 5.10 Å². The van der Waals surface area contributed by atoms with Gasteiger partial charge in [-0.15, -0.1) is 0 Å². The highest BCUT2D eigenvalue weighted by atomic mass is 19.1. The van der Waals surface area contributed by atoms with E-state index in [9.17, 15) is 14.0 Å². The number of rotatable bonds is 6. The summed E-state index contributed by atoms with van der Waals surface area (Å²) in [6, 6.07) is 15.2. The van der Waals surface area contributed by atoms with Crippen LogP contribution in [-0.2, 0) is 16.0 Å². The zero-order valence-electron chi connectivity index (χ0n) is 16.0. The SMILES string of the molecule is Cc1nn2c(c1-c1ccc(F)cc1)NC(=O)C2CC(=O)NCCc1ccccc1. The number of fused-ring (bicyclic) bond motifs is 1. The number of hydrogen-bond donors (Lipinski definition) is 2. The Morgan fingerprint density at radius 1 is 1.17 bits per heavy atom. The summed E-state index contributed by atoms with van der Waals surface area (Å²) in [7, 11) is 0. The van der Waals surface area contributed by atoms with Crippen molar-refractivity contribution >= 4 is 17.6 Å². The minimum atomic E-state index is -0.699. The normalized spacial score (nSPS) is 15.1. The van der Waals surface area contributed by atoms with E-state index >= 15 is 0 Å². The Labute approximate surface area is 167 Å². The molecule has 3 aromatic rings. The second-order valence-corrected chi connectivity index (χ2v) is 7.06. The van der Waals surface area contributed by atoms with E-state index in [1.54, 1.807) is 16.8 Å². The first-order valence-corrected chi connectivity index (χ1v) is 9.49. The molecule has 2 amide bonds. The summed E-state index contributed by atoms with van der Waals surface area (Å²) in [5.41, 5.74) is 3.35. The van der Waals surface area contributed by atoms with Gasteiger partial charge in [0.15, 0.2) is 0 Å². The van der Waals surface area contributed by atoms with Crippen LogP contribution in [-0.4, -0.2) is 28.1 Å². The van der Waals surface area contributed by atoms with Crippen LogP contribution in [0.1, 0.15) is 23.7 Å². The predicted molar refractivity (Wildman–Crippen MR) is 108 cm³/mol. The zero-order chi connectivity index (χ0) is 20.4. The number of benzene rings is 2. The number of nitrogens with zero attached hydrogens (tertiary/aromatic N) is 2. The fourth-order valence-corrected chi connectivity index (χ4v) is 3.58. The van der Waals surface area contributed by atoms with Gasteiger partial charge in [-0.1, -0.05) is 42.5 Å². The Balaban J connectivity index is 1.45. The van der Waals surface area contributed by atoms with Gasteiger partial charge in [0.2, 0.25) is 5.91 Å². The highest BCUT2D eigenvalue weighted by Crippen LogP contribution is 2.38. The lowest BCUT2D eigenvalue weighted by Gasteiger charge is -2.10. The van der Waals surface area contributed by atoms with E-state index < -0.39 is 6.04 Å². The Kier molecular flexibility index (Phi) is 5.12. The molecular weight excluding hydrogens is 371 g/mol. The van der Waals surface area contributed by atoms with Crippen LogP contribution in [0.25, 0.3) is 11.1 Å². The molecule has 0 radical (unpaired) electrons. The monoisotopic (exact) mass is 392 g/mol. The maximum Gasteiger partial charge on any atom is 0.251 e. The molecule has 7 heteroatoms. The number of aryl methyl sites for hydroxylation is 1. The predicted octanol–water partition coefficient (Wildman–Crippen LogP) is 3.24. The summed E-state index contributed by atoms with van der Waals surface area (Å²) in [5, 5.41) is 10.2. The standard InChI is InChI=1S/C22H21FN4O2/c1-14-20(16-7-9-17(23)10-8-16)21-25-22(29)18(27(21)26-14)13-19(28)24-12-11-15-5-3-2-4-6-15/h2-10,18H,11-13H2,1H3,(H,24,28)(H,25,29). The Bertz CT molecular complexity index is 1040. The van der Waals surface area contributed by atoms with Crippen LogP contribution in [0.2, 0.25) is 0 Å². The molecule has 0 saturated heterocycles. The van der Waals surface area contributed by atoms with Crippen LogP contribution in [0.4, 0.5) is 10.2 Å². The van der Waals surface area contributed by atoms with E-state index in [-0.39, 0.29) is 24.1 Å². The average molecular weight is 392 g/mol. The maximum atomic E-state index is 13.2. The third kappa shape index (κ3) is 3.89. The number of hydrogen-bond acceptors (Lipinski definition) is 3. The highest BCUT2D eigenvalue weighted by molar-refractivity contribution is 6.03. The maximum absolute atomic E-state index is 13.2. The van der Waals surface area contributed by atoms with Crippen molar-refractivity contribution in [2.24, 2.45) is 0 Å². The second kappa shape index (κ2) is 7.87. The van der Waals surface area contributed by atoms with Gasteiger partial charge in [0.1, 0.15) is 17.7 Å². The van der Waals surface area contributed by atoms with E-state index in [2.05, 4.69) is 15.7 Å². The molecule has 1 aliphatic rings. The molecule has 1 atom stereocenters. The summed E-state index contributed by atoms with van der Waals surface area (Å²) in [5.74, 6) is -0.259. The molecule has 148 valence electrons. The molecule has 0 aliphatic carbocycles. The molecule has 0 fully saturated rings. The summed E-state index contributed by atoms with van der Waals surface area (Å²) < 4.78 is 14.8. The van der Waals surface area contributed by atoms with Gasteiger partial charge in [-0.3, -0.25) is 9.59 Å². The van der Waals surface area contributed by atoms with Gasteiger partial charge in [-0.05, 0) is 36.6 Å². The van der Waals surface area contributed by atoms with E-state index in [0.717, 1.165) is 23.1 Å². The Morgan fingerprint density at radius 3 is 2.62 bits per heavy atom. The van der Waals surface area contributed by atoms with Crippen molar-refractivity contribution in [2.45, 2.75) is 25.8 Å². The molecule has 1 unspecified atom stereocenters. The first-order valence-electron chi connectivity index (χ1n) is 9.49. The van der Waals surface area contributed by atoms with Crippen molar-refractivity contribution in [1.82, 2.24) is 15.1 Å². The third-order valence-electron chi connectivity index (χ3n) is 5.02. The van der Waals surface area contributed by atoms with Crippen LogP contribution in [0, 0.1) is 12.7 Å². The molecule has 2 aromatic carbocycles. The van der Waals surface area contributed by atoms with Crippen LogP contribution in [0.3, 0.4) is 0 Å². The van der Waals surface area contributed by atoms with E-state index in [1.807, 2.05) is 37.3 Å². The zero-order valence-corrected chi connectivity index (χ0v) is 16.0. The lowest BCUT2D eigenvalue weighted by molar-refractivity contribution is -0.126. The summed E-state index contributed by atoms with van der Waals surface area (Å²) in [4.78, 5) is 24.8. The van der Waals surface area contributed by atoms with Crippen molar-refractivity contribution in [3.05, 3.63) is 71.7 Å². The van der Waals surface area contributed by atoms with Gasteiger partial charge in [-0.25, -0.2) is 9.07 Å². The molecule has 0 saturated carbocycles. The molecule has 0 bridgehead atoms. The molecule has 1 aromatic heterocycles. The van der Waals surface area contributed by atoms with Crippen LogP contribution >= 0.6 is 0 Å². The van der Waals surface area contributed by atoms with Crippen molar-refractivity contribution in [1.29, 1.82) is 0 Å². The number of aromatic nitrogens is 2. The number of halogens is 1. The minimum absolute atomic E-state index is 0.0115. The number of carbonyl (C=O) groups excluding carboxylic acids is 2. The smallest absolute Gasteiger partial charge is 0.251 e. The Morgan fingerprint density at radius 2 is 1.90 bits per heavy atom.